The fourth-order valence-electron chi connectivity index (χ4n) is 2.86. The average Bonchev–Trinajstić information content (AvgIpc) is 3.15. The Morgan fingerprint density at radius 1 is 0.875 bits per heavy atom. The van der Waals surface area contributed by atoms with Crippen LogP contribution in [-0.2, 0) is 14.1 Å². The first-order chi connectivity index (χ1) is 11.8. The highest BCUT2D eigenvalue weighted by atomic mass is 15.3. The molecule has 0 N–H and O–H groups in total. The number of hydrogen-bond donors (Lipinski definition) is 0. The minimum atomic E-state index is 0.474. The number of para-hydroxylation sites is 1. The van der Waals surface area contributed by atoms with E-state index in [0.29, 0.717) is 5.95 Å². The molecule has 0 aliphatic heterocycles. The Labute approximate surface area is 139 Å². The van der Waals surface area contributed by atoms with E-state index in [-0.39, 0.29) is 0 Å². The highest BCUT2D eigenvalue weighted by Crippen LogP contribution is 2.39. The van der Waals surface area contributed by atoms with Crippen LogP contribution in [0.25, 0.3) is 22.2 Å². The maximum absolute atomic E-state index is 4.52. The number of fused-ring (bicyclic) bond motifs is 1. The summed E-state index contributed by atoms with van der Waals surface area (Å²) in [6.45, 7) is 0. The van der Waals surface area contributed by atoms with Gasteiger partial charge >= 0.3 is 0 Å². The molecule has 0 saturated heterocycles. The van der Waals surface area contributed by atoms with E-state index in [2.05, 4.69) is 49.3 Å². The van der Waals surface area contributed by atoms with Crippen LogP contribution >= 0.6 is 0 Å². The second-order valence-electron chi connectivity index (χ2n) is 5.58. The van der Waals surface area contributed by atoms with E-state index in [1.807, 2.05) is 44.4 Å². The van der Waals surface area contributed by atoms with Crippen molar-refractivity contribution in [3.05, 3.63) is 60.9 Å². The predicted octanol–water partition coefficient (Wildman–Crippen LogP) is 4.39. The smallest absolute Gasteiger partial charge is 0.269 e. The fraction of sp³-hybridized carbons (Fsp3) is 0.111. The van der Waals surface area contributed by atoms with Crippen molar-refractivity contribution in [2.45, 2.75) is 0 Å². The lowest BCUT2D eigenvalue weighted by Gasteiger charge is -2.05. The maximum atomic E-state index is 4.52. The lowest BCUT2D eigenvalue weighted by atomic mass is 10.1. The number of rotatable bonds is 3. The van der Waals surface area contributed by atoms with Crippen LogP contribution in [0.1, 0.15) is 0 Å². The first kappa shape index (κ1) is 14.3. The van der Waals surface area contributed by atoms with Crippen LogP contribution in [0.3, 0.4) is 0 Å². The van der Waals surface area contributed by atoms with Gasteiger partial charge in [0, 0.05) is 25.0 Å². The van der Waals surface area contributed by atoms with Crippen molar-refractivity contribution in [3.8, 4) is 11.3 Å². The van der Waals surface area contributed by atoms with Crippen LogP contribution in [0, 0.1) is 0 Å². The molecular weight excluding hydrogens is 300 g/mol. The van der Waals surface area contributed by atoms with Crippen molar-refractivity contribution < 1.29 is 0 Å². The van der Waals surface area contributed by atoms with Crippen molar-refractivity contribution in [1.29, 1.82) is 0 Å². The van der Waals surface area contributed by atoms with Gasteiger partial charge in [-0.05, 0) is 6.07 Å². The number of benzene rings is 2. The third-order valence-electron chi connectivity index (χ3n) is 4.05. The van der Waals surface area contributed by atoms with Gasteiger partial charge in [-0.2, -0.15) is 0 Å². The van der Waals surface area contributed by atoms with Crippen molar-refractivity contribution in [1.82, 2.24) is 19.3 Å². The van der Waals surface area contributed by atoms with Crippen molar-refractivity contribution >= 4 is 22.5 Å². The molecule has 0 radical (unpaired) electrons. The molecule has 0 aliphatic carbocycles. The van der Waals surface area contributed by atoms with Crippen LogP contribution in [-0.4, -0.2) is 19.3 Å². The summed E-state index contributed by atoms with van der Waals surface area (Å²) in [5.41, 5.74) is 4.08. The Hall–Kier alpha value is -3.28. The standard InChI is InChI=1S/C18H16N6/c1-23-12-19-21-18(23)22-20-16-14-10-6-7-11-15(14)24(2)17(16)13-8-4-3-5-9-13/h3-12H,1-2H3. The molecule has 4 aromatic rings. The Morgan fingerprint density at radius 3 is 2.38 bits per heavy atom. The summed E-state index contributed by atoms with van der Waals surface area (Å²) < 4.78 is 3.88. The third kappa shape index (κ3) is 2.28. The zero-order valence-electron chi connectivity index (χ0n) is 13.5. The lowest BCUT2D eigenvalue weighted by Crippen LogP contribution is -1.90. The van der Waals surface area contributed by atoms with E-state index in [9.17, 15) is 0 Å². The molecule has 0 bridgehead atoms. The van der Waals surface area contributed by atoms with E-state index in [4.69, 9.17) is 0 Å². The molecule has 118 valence electrons. The first-order valence-electron chi connectivity index (χ1n) is 7.64. The van der Waals surface area contributed by atoms with Crippen LogP contribution in [0.4, 0.5) is 11.6 Å². The molecule has 0 atom stereocenters. The van der Waals surface area contributed by atoms with Crippen molar-refractivity contribution in [3.63, 3.8) is 0 Å². The van der Waals surface area contributed by atoms with Crippen molar-refractivity contribution in [2.24, 2.45) is 24.3 Å². The molecule has 2 aromatic heterocycles. The zero-order chi connectivity index (χ0) is 16.5. The highest BCUT2D eigenvalue weighted by molar-refractivity contribution is 6.00. The second-order valence-corrected chi connectivity index (χ2v) is 5.58. The molecule has 0 spiro atoms. The summed E-state index contributed by atoms with van der Waals surface area (Å²) in [6, 6.07) is 18.4. The Balaban J connectivity index is 1.96. The van der Waals surface area contributed by atoms with Gasteiger partial charge in [0.15, 0.2) is 0 Å². The Bertz CT molecular complexity index is 1030. The van der Waals surface area contributed by atoms with Gasteiger partial charge in [0.05, 0.1) is 11.2 Å². The number of aryl methyl sites for hydroxylation is 2. The van der Waals surface area contributed by atoms with Crippen molar-refractivity contribution in [2.75, 3.05) is 0 Å². The monoisotopic (exact) mass is 316 g/mol. The quantitative estimate of drug-likeness (QED) is 0.526. The van der Waals surface area contributed by atoms with E-state index < -0.39 is 0 Å². The largest absolute Gasteiger partial charge is 0.342 e. The van der Waals surface area contributed by atoms with Crippen LogP contribution < -0.4 is 0 Å². The molecule has 2 aromatic carbocycles. The molecule has 4 rings (SSSR count). The third-order valence-corrected chi connectivity index (χ3v) is 4.05. The molecule has 0 saturated carbocycles. The van der Waals surface area contributed by atoms with Gasteiger partial charge in [0.25, 0.3) is 5.95 Å². The van der Waals surface area contributed by atoms with Crippen LogP contribution in [0.2, 0.25) is 0 Å². The molecule has 24 heavy (non-hydrogen) atoms. The summed E-state index contributed by atoms with van der Waals surface area (Å²) in [7, 11) is 3.89. The van der Waals surface area contributed by atoms with E-state index in [1.165, 1.54) is 0 Å². The van der Waals surface area contributed by atoms with Gasteiger partial charge in [-0.3, -0.25) is 0 Å². The van der Waals surface area contributed by atoms with E-state index in [1.54, 1.807) is 10.9 Å². The van der Waals surface area contributed by atoms with Gasteiger partial charge in [0.2, 0.25) is 0 Å². The summed E-state index contributed by atoms with van der Waals surface area (Å²) >= 11 is 0. The van der Waals surface area contributed by atoms with Gasteiger partial charge in [-0.1, -0.05) is 48.5 Å². The fourth-order valence-corrected chi connectivity index (χ4v) is 2.86. The molecule has 6 heteroatoms. The molecule has 2 heterocycles. The topological polar surface area (TPSA) is 60.4 Å². The number of aromatic nitrogens is 4. The van der Waals surface area contributed by atoms with Crippen LogP contribution in [0.15, 0.2) is 71.2 Å². The minimum Gasteiger partial charge on any atom is -0.342 e. The van der Waals surface area contributed by atoms with Gasteiger partial charge in [0.1, 0.15) is 12.0 Å². The first-order valence-corrected chi connectivity index (χ1v) is 7.64. The van der Waals surface area contributed by atoms with Gasteiger partial charge < -0.3 is 9.13 Å². The summed E-state index contributed by atoms with van der Waals surface area (Å²) in [6.07, 6.45) is 1.61. The summed E-state index contributed by atoms with van der Waals surface area (Å²) in [5, 5.41) is 17.7. The zero-order valence-corrected chi connectivity index (χ0v) is 13.5. The second kappa shape index (κ2) is 5.73. The summed E-state index contributed by atoms with van der Waals surface area (Å²) in [4.78, 5) is 0. The Kier molecular flexibility index (Phi) is 3.42. The average molecular weight is 316 g/mol. The van der Waals surface area contributed by atoms with Gasteiger partial charge in [-0.25, -0.2) is 0 Å². The summed E-state index contributed by atoms with van der Waals surface area (Å²) in [5.74, 6) is 0.474. The van der Waals surface area contributed by atoms with Gasteiger partial charge in [-0.15, -0.1) is 20.4 Å². The van der Waals surface area contributed by atoms with E-state index >= 15 is 0 Å². The molecule has 0 amide bonds. The Morgan fingerprint density at radius 2 is 1.62 bits per heavy atom. The lowest BCUT2D eigenvalue weighted by molar-refractivity contribution is 0.891. The molecular formula is C18H16N6. The minimum absolute atomic E-state index is 0.474. The normalized spacial score (nSPS) is 11.6. The molecule has 0 fully saturated rings. The maximum Gasteiger partial charge on any atom is 0.269 e. The van der Waals surface area contributed by atoms with Crippen LogP contribution in [0.5, 0.6) is 0 Å². The molecule has 0 aliphatic rings. The van der Waals surface area contributed by atoms with E-state index in [0.717, 1.165) is 27.8 Å². The number of azo groups is 1. The number of hydrogen-bond acceptors (Lipinski definition) is 4. The molecule has 6 nitrogen and oxygen atoms in total. The highest BCUT2D eigenvalue weighted by Gasteiger charge is 2.16. The number of nitrogens with zero attached hydrogens (tertiary/aromatic N) is 6. The molecule has 0 unspecified atom stereocenters. The SMILES string of the molecule is Cn1cnnc1N=Nc1c(-c2ccccc2)n(C)c2ccccc12. The predicted molar refractivity (Wildman–Crippen MR) is 93.5 cm³/mol.